The molecular formula is C15H18N2O4S3. The summed E-state index contributed by atoms with van der Waals surface area (Å²) in [4.78, 5) is 0. The molecule has 0 amide bonds. The number of thiophene rings is 1. The van der Waals surface area contributed by atoms with E-state index in [9.17, 15) is 16.8 Å². The Balaban J connectivity index is 1.73. The molecule has 1 aliphatic heterocycles. The molecule has 0 bridgehead atoms. The van der Waals surface area contributed by atoms with Crippen molar-refractivity contribution in [1.29, 1.82) is 0 Å². The van der Waals surface area contributed by atoms with Gasteiger partial charge in [0.2, 0.25) is 10.0 Å². The van der Waals surface area contributed by atoms with Gasteiger partial charge in [-0.1, -0.05) is 24.8 Å². The van der Waals surface area contributed by atoms with Crippen LogP contribution in [0.15, 0.2) is 46.5 Å². The number of rotatable bonds is 6. The normalized spacial score (nSPS) is 19.8. The highest BCUT2D eigenvalue weighted by molar-refractivity contribution is 7.92. The summed E-state index contributed by atoms with van der Waals surface area (Å²) in [5, 5.41) is 1.77. The van der Waals surface area contributed by atoms with Crippen LogP contribution in [0.5, 0.6) is 0 Å². The summed E-state index contributed by atoms with van der Waals surface area (Å²) in [6.07, 6.45) is 0.629. The van der Waals surface area contributed by atoms with E-state index in [0.717, 1.165) is 15.5 Å². The Labute approximate surface area is 145 Å². The third-order valence-corrected chi connectivity index (χ3v) is 8.48. The summed E-state index contributed by atoms with van der Waals surface area (Å²) >= 11 is 1.26. The molecule has 2 heterocycles. The first-order valence-corrected chi connectivity index (χ1v) is 11.2. The summed E-state index contributed by atoms with van der Waals surface area (Å²) in [5.41, 5.74) is 0. The molecule has 0 aliphatic carbocycles. The second-order valence-corrected chi connectivity index (χ2v) is 10.6. The van der Waals surface area contributed by atoms with Gasteiger partial charge in [-0.05, 0) is 29.9 Å². The molecule has 1 N–H and O–H groups in total. The SMILES string of the molecule is C=CS(=O)(=O)NCC1CCN(S(=O)(=O)c2cc3ccccc3s2)C1. The van der Waals surface area contributed by atoms with Crippen LogP contribution in [0, 0.1) is 5.92 Å². The highest BCUT2D eigenvalue weighted by Gasteiger charge is 2.33. The van der Waals surface area contributed by atoms with Gasteiger partial charge in [0.15, 0.2) is 0 Å². The largest absolute Gasteiger partial charge is 0.252 e. The molecule has 6 nitrogen and oxygen atoms in total. The maximum Gasteiger partial charge on any atom is 0.252 e. The number of hydrogen-bond donors (Lipinski definition) is 1. The molecule has 9 heteroatoms. The van der Waals surface area contributed by atoms with Crippen molar-refractivity contribution in [3.05, 3.63) is 42.3 Å². The summed E-state index contributed by atoms with van der Waals surface area (Å²) < 4.78 is 53.5. The van der Waals surface area contributed by atoms with E-state index in [-0.39, 0.29) is 12.5 Å². The van der Waals surface area contributed by atoms with Crippen molar-refractivity contribution < 1.29 is 16.8 Å². The van der Waals surface area contributed by atoms with Crippen LogP contribution in [-0.4, -0.2) is 40.8 Å². The van der Waals surface area contributed by atoms with E-state index in [0.29, 0.717) is 23.7 Å². The zero-order chi connectivity index (χ0) is 17.4. The van der Waals surface area contributed by atoms with Crippen LogP contribution in [0.3, 0.4) is 0 Å². The molecule has 0 radical (unpaired) electrons. The van der Waals surface area contributed by atoms with Crippen molar-refractivity contribution >= 4 is 41.5 Å². The van der Waals surface area contributed by atoms with Crippen LogP contribution < -0.4 is 4.72 Å². The molecule has 0 spiro atoms. The van der Waals surface area contributed by atoms with Gasteiger partial charge in [-0.2, -0.15) is 4.31 Å². The van der Waals surface area contributed by atoms with E-state index in [1.807, 2.05) is 24.3 Å². The lowest BCUT2D eigenvalue weighted by molar-refractivity contribution is 0.456. The van der Waals surface area contributed by atoms with Crippen molar-refractivity contribution in [3.63, 3.8) is 0 Å². The number of fused-ring (bicyclic) bond motifs is 1. The fourth-order valence-corrected chi connectivity index (χ4v) is 6.36. The van der Waals surface area contributed by atoms with E-state index in [1.165, 1.54) is 15.6 Å². The van der Waals surface area contributed by atoms with Gasteiger partial charge in [-0.25, -0.2) is 21.6 Å². The summed E-state index contributed by atoms with van der Waals surface area (Å²) in [7, 11) is -7.02. The molecular weight excluding hydrogens is 368 g/mol. The van der Waals surface area contributed by atoms with E-state index in [1.54, 1.807) is 6.07 Å². The molecule has 1 saturated heterocycles. The lowest BCUT2D eigenvalue weighted by Crippen LogP contribution is -2.32. The number of hydrogen-bond acceptors (Lipinski definition) is 5. The fraction of sp³-hybridized carbons (Fsp3) is 0.333. The lowest BCUT2D eigenvalue weighted by atomic mass is 10.1. The molecule has 1 aromatic carbocycles. The van der Waals surface area contributed by atoms with E-state index in [2.05, 4.69) is 11.3 Å². The van der Waals surface area contributed by atoms with Crippen molar-refractivity contribution in [2.45, 2.75) is 10.6 Å². The fourth-order valence-electron chi connectivity index (χ4n) is 2.69. The molecule has 3 rings (SSSR count). The monoisotopic (exact) mass is 386 g/mol. The first-order chi connectivity index (χ1) is 11.3. The highest BCUT2D eigenvalue weighted by atomic mass is 32.2. The minimum Gasteiger partial charge on any atom is -0.211 e. The molecule has 1 atom stereocenters. The maximum atomic E-state index is 12.8. The Morgan fingerprint density at radius 2 is 2.04 bits per heavy atom. The smallest absolute Gasteiger partial charge is 0.211 e. The zero-order valence-electron chi connectivity index (χ0n) is 12.9. The van der Waals surface area contributed by atoms with Crippen LogP contribution in [0.4, 0.5) is 0 Å². The number of sulfonamides is 2. The van der Waals surface area contributed by atoms with Gasteiger partial charge in [0.05, 0.1) is 0 Å². The molecule has 2 aromatic rings. The summed E-state index contributed by atoms with van der Waals surface area (Å²) in [5.74, 6) is -0.0381. The van der Waals surface area contributed by atoms with Crippen molar-refractivity contribution in [2.24, 2.45) is 5.92 Å². The van der Waals surface area contributed by atoms with Gasteiger partial charge < -0.3 is 0 Å². The average molecular weight is 387 g/mol. The topological polar surface area (TPSA) is 83.6 Å². The number of benzene rings is 1. The Morgan fingerprint density at radius 3 is 2.75 bits per heavy atom. The van der Waals surface area contributed by atoms with Gasteiger partial charge in [-0.3, -0.25) is 0 Å². The summed E-state index contributed by atoms with van der Waals surface area (Å²) in [6, 6.07) is 9.25. The van der Waals surface area contributed by atoms with Crippen molar-refractivity contribution in [2.75, 3.05) is 19.6 Å². The van der Waals surface area contributed by atoms with Gasteiger partial charge >= 0.3 is 0 Å². The lowest BCUT2D eigenvalue weighted by Gasteiger charge is -2.15. The van der Waals surface area contributed by atoms with Crippen LogP contribution in [0.25, 0.3) is 10.1 Å². The first kappa shape index (κ1) is 17.6. The molecule has 1 aliphatic rings. The first-order valence-electron chi connectivity index (χ1n) is 7.43. The Morgan fingerprint density at radius 1 is 1.29 bits per heavy atom. The van der Waals surface area contributed by atoms with Gasteiger partial charge in [0.25, 0.3) is 10.0 Å². The summed E-state index contributed by atoms with van der Waals surface area (Å²) in [6.45, 7) is 4.17. The highest BCUT2D eigenvalue weighted by Crippen LogP contribution is 2.32. The molecule has 130 valence electrons. The maximum absolute atomic E-state index is 12.8. The van der Waals surface area contributed by atoms with Crippen molar-refractivity contribution in [1.82, 2.24) is 9.03 Å². The standard InChI is InChI=1S/C15H18N2O4S3/c1-2-23(18,19)16-10-12-7-8-17(11-12)24(20,21)15-9-13-5-3-4-6-14(13)22-15/h2-6,9,12,16H,1,7-8,10-11H2. The zero-order valence-corrected chi connectivity index (χ0v) is 15.3. The Hall–Kier alpha value is -1.26. The molecule has 0 saturated carbocycles. The van der Waals surface area contributed by atoms with E-state index in [4.69, 9.17) is 0 Å². The van der Waals surface area contributed by atoms with Gasteiger partial charge in [-0.15, -0.1) is 11.3 Å². The predicted octanol–water partition coefficient (Wildman–Crippen LogP) is 1.97. The van der Waals surface area contributed by atoms with Crippen LogP contribution in [0.2, 0.25) is 0 Å². The van der Waals surface area contributed by atoms with Crippen molar-refractivity contribution in [3.8, 4) is 0 Å². The minimum absolute atomic E-state index is 0.0381. The van der Waals surface area contributed by atoms with Gasteiger partial charge in [0, 0.05) is 29.7 Å². The predicted molar refractivity (Wildman–Crippen MR) is 95.8 cm³/mol. The van der Waals surface area contributed by atoms with Crippen LogP contribution in [-0.2, 0) is 20.0 Å². The molecule has 1 fully saturated rings. The molecule has 1 aromatic heterocycles. The Bertz CT molecular complexity index is 931. The van der Waals surface area contributed by atoms with Gasteiger partial charge in [0.1, 0.15) is 4.21 Å². The van der Waals surface area contributed by atoms with Crippen LogP contribution in [0.1, 0.15) is 6.42 Å². The second kappa shape index (κ2) is 6.57. The quantitative estimate of drug-likeness (QED) is 0.823. The third-order valence-electron chi connectivity index (χ3n) is 4.04. The number of nitrogens with one attached hydrogen (secondary N) is 1. The van der Waals surface area contributed by atoms with Crippen LogP contribution >= 0.6 is 11.3 Å². The number of nitrogens with zero attached hydrogens (tertiary/aromatic N) is 1. The second-order valence-electron chi connectivity index (χ2n) is 5.68. The van der Waals surface area contributed by atoms with E-state index >= 15 is 0 Å². The average Bonchev–Trinajstić information content (AvgIpc) is 3.20. The third kappa shape index (κ3) is 3.55. The van der Waals surface area contributed by atoms with E-state index < -0.39 is 20.0 Å². The Kier molecular flexibility index (Phi) is 4.80. The minimum atomic E-state index is -3.54. The molecule has 24 heavy (non-hydrogen) atoms. The molecule has 1 unspecified atom stereocenters.